The Morgan fingerprint density at radius 3 is 2.06 bits per heavy atom. The summed E-state index contributed by atoms with van der Waals surface area (Å²) in [7, 11) is 0. The van der Waals surface area contributed by atoms with Crippen molar-refractivity contribution >= 4 is 6.08 Å². The summed E-state index contributed by atoms with van der Waals surface area (Å²) in [5.41, 5.74) is 2.14. The van der Waals surface area contributed by atoms with E-state index >= 15 is 0 Å². The molecule has 16 heavy (non-hydrogen) atoms. The Kier molecular flexibility index (Phi) is 3.39. The molecule has 0 aliphatic rings. The largest absolute Gasteiger partial charge is 0.512 e. The maximum absolute atomic E-state index is 9.82. The van der Waals surface area contributed by atoms with Crippen LogP contribution < -0.4 is 0 Å². The van der Waals surface area contributed by atoms with Gasteiger partial charge in [0, 0.05) is 6.42 Å². The number of hydrogen-bond acceptors (Lipinski definition) is 1. The molecule has 0 amide bonds. The molecule has 0 heterocycles. The van der Waals surface area contributed by atoms with Crippen LogP contribution in [0, 0.1) is 0 Å². The van der Waals surface area contributed by atoms with Crippen molar-refractivity contribution < 1.29 is 5.11 Å². The number of benzene rings is 2. The highest BCUT2D eigenvalue weighted by Crippen LogP contribution is 2.10. The maximum Gasteiger partial charge on any atom is 0.0972 e. The van der Waals surface area contributed by atoms with Crippen LogP contribution in [0.25, 0.3) is 6.08 Å². The van der Waals surface area contributed by atoms with Gasteiger partial charge in [-0.1, -0.05) is 60.7 Å². The predicted molar refractivity (Wildman–Crippen MR) is 67.2 cm³/mol. The van der Waals surface area contributed by atoms with Crippen molar-refractivity contribution in [3.8, 4) is 0 Å². The topological polar surface area (TPSA) is 20.2 Å². The molecule has 1 nitrogen and oxygen atoms in total. The molecule has 0 saturated carbocycles. The zero-order valence-corrected chi connectivity index (χ0v) is 9.01. The number of aliphatic hydroxyl groups excluding tert-OH is 1. The van der Waals surface area contributed by atoms with Gasteiger partial charge >= 0.3 is 0 Å². The Morgan fingerprint density at radius 1 is 0.875 bits per heavy atom. The SMILES string of the molecule is O/C(=C\c1ccccc1)Cc1ccccc1. The number of rotatable bonds is 3. The second-order valence-corrected chi connectivity index (χ2v) is 3.71. The van der Waals surface area contributed by atoms with Crippen molar-refractivity contribution in [3.63, 3.8) is 0 Å². The summed E-state index contributed by atoms with van der Waals surface area (Å²) in [5.74, 6) is 0.386. The molecule has 0 atom stereocenters. The minimum absolute atomic E-state index is 0.386. The molecule has 0 unspecified atom stereocenters. The Labute approximate surface area is 95.7 Å². The zero-order valence-electron chi connectivity index (χ0n) is 9.01. The third-order valence-corrected chi connectivity index (χ3v) is 2.36. The van der Waals surface area contributed by atoms with E-state index in [0.717, 1.165) is 11.1 Å². The van der Waals surface area contributed by atoms with Gasteiger partial charge in [-0.05, 0) is 17.2 Å². The first-order chi connectivity index (χ1) is 7.84. The summed E-state index contributed by atoms with van der Waals surface area (Å²) in [6, 6.07) is 19.8. The summed E-state index contributed by atoms with van der Waals surface area (Å²) < 4.78 is 0. The maximum atomic E-state index is 9.82. The third kappa shape index (κ3) is 2.99. The monoisotopic (exact) mass is 210 g/mol. The van der Waals surface area contributed by atoms with Gasteiger partial charge < -0.3 is 5.11 Å². The molecule has 1 heteroatoms. The first kappa shape index (κ1) is 10.5. The molecule has 2 aromatic carbocycles. The normalized spacial score (nSPS) is 11.4. The molecule has 0 radical (unpaired) electrons. The smallest absolute Gasteiger partial charge is 0.0972 e. The molecule has 0 aromatic heterocycles. The van der Waals surface area contributed by atoms with E-state index in [2.05, 4.69) is 0 Å². The summed E-state index contributed by atoms with van der Waals surface area (Å²) in [6.07, 6.45) is 2.38. The highest BCUT2D eigenvalue weighted by molar-refractivity contribution is 5.51. The van der Waals surface area contributed by atoms with Crippen LogP contribution in [0.3, 0.4) is 0 Å². The van der Waals surface area contributed by atoms with Crippen LogP contribution in [0.5, 0.6) is 0 Å². The highest BCUT2D eigenvalue weighted by Gasteiger charge is 1.96. The number of hydrogen-bond donors (Lipinski definition) is 1. The van der Waals surface area contributed by atoms with Crippen molar-refractivity contribution in [1.82, 2.24) is 0 Å². The second-order valence-electron chi connectivity index (χ2n) is 3.71. The van der Waals surface area contributed by atoms with Crippen LogP contribution in [0.4, 0.5) is 0 Å². The molecule has 1 N–H and O–H groups in total. The van der Waals surface area contributed by atoms with Crippen molar-refractivity contribution in [3.05, 3.63) is 77.5 Å². The van der Waals surface area contributed by atoms with Gasteiger partial charge in [0.05, 0.1) is 5.76 Å². The summed E-state index contributed by atoms with van der Waals surface area (Å²) >= 11 is 0. The van der Waals surface area contributed by atoms with Crippen molar-refractivity contribution in [2.45, 2.75) is 6.42 Å². The van der Waals surface area contributed by atoms with E-state index in [-0.39, 0.29) is 0 Å². The Morgan fingerprint density at radius 2 is 1.44 bits per heavy atom. The van der Waals surface area contributed by atoms with E-state index in [1.807, 2.05) is 60.7 Å². The summed E-state index contributed by atoms with van der Waals surface area (Å²) in [5, 5.41) is 9.82. The molecule has 80 valence electrons. The van der Waals surface area contributed by atoms with Gasteiger partial charge in [0.15, 0.2) is 0 Å². The molecule has 0 saturated heterocycles. The van der Waals surface area contributed by atoms with Gasteiger partial charge in [0.25, 0.3) is 0 Å². The fraction of sp³-hybridized carbons (Fsp3) is 0.0667. The third-order valence-electron chi connectivity index (χ3n) is 2.36. The van der Waals surface area contributed by atoms with E-state index in [9.17, 15) is 5.11 Å². The van der Waals surface area contributed by atoms with E-state index in [1.54, 1.807) is 6.08 Å². The molecule has 0 aliphatic carbocycles. The fourth-order valence-corrected chi connectivity index (χ4v) is 1.60. The van der Waals surface area contributed by atoms with Crippen LogP contribution >= 0.6 is 0 Å². The predicted octanol–water partition coefficient (Wildman–Crippen LogP) is 3.83. The lowest BCUT2D eigenvalue weighted by molar-refractivity contribution is 0.404. The quantitative estimate of drug-likeness (QED) is 0.763. The van der Waals surface area contributed by atoms with Crippen LogP contribution in [-0.2, 0) is 6.42 Å². The Bertz CT molecular complexity index is 457. The van der Waals surface area contributed by atoms with E-state index in [0.29, 0.717) is 12.2 Å². The van der Waals surface area contributed by atoms with Crippen molar-refractivity contribution in [2.75, 3.05) is 0 Å². The van der Waals surface area contributed by atoms with E-state index in [1.165, 1.54) is 0 Å². The molecule has 2 aromatic rings. The van der Waals surface area contributed by atoms with Crippen molar-refractivity contribution in [1.29, 1.82) is 0 Å². The van der Waals surface area contributed by atoms with Crippen LogP contribution in [0.15, 0.2) is 66.4 Å². The van der Waals surface area contributed by atoms with Crippen molar-refractivity contribution in [2.24, 2.45) is 0 Å². The minimum atomic E-state index is 0.386. The van der Waals surface area contributed by atoms with Gasteiger partial charge in [-0.2, -0.15) is 0 Å². The number of aliphatic hydroxyl groups is 1. The van der Waals surface area contributed by atoms with Crippen LogP contribution in [0.1, 0.15) is 11.1 Å². The lowest BCUT2D eigenvalue weighted by atomic mass is 10.1. The fourth-order valence-electron chi connectivity index (χ4n) is 1.60. The standard InChI is InChI=1S/C15H14O/c16-15(11-13-7-3-1-4-8-13)12-14-9-5-2-6-10-14/h1-11,16H,12H2/b15-11-. The van der Waals surface area contributed by atoms with Gasteiger partial charge in [-0.25, -0.2) is 0 Å². The first-order valence-electron chi connectivity index (χ1n) is 5.33. The van der Waals surface area contributed by atoms with Gasteiger partial charge in [-0.15, -0.1) is 0 Å². The Balaban J connectivity index is 2.09. The van der Waals surface area contributed by atoms with E-state index in [4.69, 9.17) is 0 Å². The van der Waals surface area contributed by atoms with Crippen LogP contribution in [0.2, 0.25) is 0 Å². The highest BCUT2D eigenvalue weighted by atomic mass is 16.3. The lowest BCUT2D eigenvalue weighted by Crippen LogP contribution is -1.88. The summed E-state index contributed by atoms with van der Waals surface area (Å²) in [4.78, 5) is 0. The Hall–Kier alpha value is -2.02. The lowest BCUT2D eigenvalue weighted by Gasteiger charge is -2.00. The van der Waals surface area contributed by atoms with Crippen LogP contribution in [-0.4, -0.2) is 5.11 Å². The average Bonchev–Trinajstić information content (AvgIpc) is 2.31. The first-order valence-corrected chi connectivity index (χ1v) is 5.33. The van der Waals surface area contributed by atoms with Gasteiger partial charge in [0.2, 0.25) is 0 Å². The molecule has 0 spiro atoms. The second kappa shape index (κ2) is 5.17. The summed E-state index contributed by atoms with van der Waals surface area (Å²) in [6.45, 7) is 0. The minimum Gasteiger partial charge on any atom is -0.512 e. The molecule has 0 fully saturated rings. The molecule has 0 bridgehead atoms. The molecular formula is C15H14O. The molecular weight excluding hydrogens is 196 g/mol. The molecule has 0 aliphatic heterocycles. The van der Waals surface area contributed by atoms with Gasteiger partial charge in [0.1, 0.15) is 0 Å². The molecule has 2 rings (SSSR count). The number of allylic oxidation sites excluding steroid dienone is 1. The average molecular weight is 210 g/mol. The zero-order chi connectivity index (χ0) is 11.2. The van der Waals surface area contributed by atoms with E-state index < -0.39 is 0 Å². The van der Waals surface area contributed by atoms with Gasteiger partial charge in [-0.3, -0.25) is 0 Å².